The molecule has 140 valence electrons. The van der Waals surface area contributed by atoms with E-state index in [1.807, 2.05) is 18.2 Å². The highest BCUT2D eigenvalue weighted by atomic mass is 127. The average molecular weight is 469 g/mol. The lowest BCUT2D eigenvalue weighted by atomic mass is 9.64. The van der Waals surface area contributed by atoms with Crippen molar-refractivity contribution in [3.63, 3.8) is 0 Å². The zero-order valence-electron chi connectivity index (χ0n) is 15.3. The second kappa shape index (κ2) is 6.83. The van der Waals surface area contributed by atoms with E-state index in [0.717, 1.165) is 14.9 Å². The lowest BCUT2D eigenvalue weighted by Gasteiger charge is -2.43. The predicted octanol–water partition coefficient (Wildman–Crippen LogP) is 3.37. The van der Waals surface area contributed by atoms with Gasteiger partial charge in [-0.3, -0.25) is 14.5 Å². The first-order valence-electron chi connectivity index (χ1n) is 8.80. The number of carbonyl (C=O) groups excluding carboxylic acids is 3. The van der Waals surface area contributed by atoms with Crippen molar-refractivity contribution in [3.8, 4) is 0 Å². The van der Waals surface area contributed by atoms with Crippen LogP contribution in [0.15, 0.2) is 24.3 Å². The quantitative estimate of drug-likeness (QED) is 0.527. The summed E-state index contributed by atoms with van der Waals surface area (Å²) in [6.07, 6.45) is 2.24. The second-order valence-corrected chi connectivity index (χ2v) is 9.56. The van der Waals surface area contributed by atoms with E-state index >= 15 is 0 Å². The number of benzene rings is 1. The molecule has 3 rings (SSSR count). The number of halogens is 1. The van der Waals surface area contributed by atoms with E-state index in [-0.39, 0.29) is 23.8 Å². The van der Waals surface area contributed by atoms with Crippen molar-refractivity contribution in [1.29, 1.82) is 0 Å². The maximum Gasteiger partial charge on any atom is 0.325 e. The Morgan fingerprint density at radius 2 is 2.08 bits per heavy atom. The van der Waals surface area contributed by atoms with Crippen LogP contribution in [0.3, 0.4) is 0 Å². The molecule has 1 saturated carbocycles. The monoisotopic (exact) mass is 469 g/mol. The molecule has 26 heavy (non-hydrogen) atoms. The van der Waals surface area contributed by atoms with Crippen LogP contribution in [-0.2, 0) is 9.59 Å². The van der Waals surface area contributed by atoms with Gasteiger partial charge in [0.05, 0.1) is 0 Å². The van der Waals surface area contributed by atoms with Crippen LogP contribution in [0.2, 0.25) is 0 Å². The molecule has 2 N–H and O–H groups in total. The smallest absolute Gasteiger partial charge is 0.324 e. The van der Waals surface area contributed by atoms with Gasteiger partial charge < -0.3 is 10.6 Å². The van der Waals surface area contributed by atoms with Gasteiger partial charge in [0, 0.05) is 9.26 Å². The van der Waals surface area contributed by atoms with Crippen LogP contribution < -0.4 is 10.6 Å². The number of nitrogens with one attached hydrogen (secondary N) is 2. The summed E-state index contributed by atoms with van der Waals surface area (Å²) in [5, 5.41) is 5.64. The van der Waals surface area contributed by atoms with Crippen molar-refractivity contribution < 1.29 is 14.4 Å². The average Bonchev–Trinajstić information content (AvgIpc) is 2.68. The molecule has 1 saturated heterocycles. The summed E-state index contributed by atoms with van der Waals surface area (Å²) in [7, 11) is 0. The molecule has 0 radical (unpaired) electrons. The molecule has 1 spiro atoms. The number of hydrogen-bond donors (Lipinski definition) is 2. The molecule has 2 aliphatic rings. The second-order valence-electron chi connectivity index (χ2n) is 8.32. The number of carbonyl (C=O) groups is 3. The molecule has 2 atom stereocenters. The number of amides is 4. The van der Waals surface area contributed by atoms with Crippen molar-refractivity contribution in [2.75, 3.05) is 11.9 Å². The Morgan fingerprint density at radius 1 is 1.35 bits per heavy atom. The van der Waals surface area contributed by atoms with Gasteiger partial charge in [-0.15, -0.1) is 0 Å². The Morgan fingerprint density at radius 3 is 2.73 bits per heavy atom. The molecule has 4 amide bonds. The molecule has 0 bridgehead atoms. The van der Waals surface area contributed by atoms with E-state index in [4.69, 9.17) is 0 Å². The maximum atomic E-state index is 13.0. The van der Waals surface area contributed by atoms with Gasteiger partial charge in [0.25, 0.3) is 5.91 Å². The van der Waals surface area contributed by atoms with Crippen molar-refractivity contribution in [3.05, 3.63) is 27.8 Å². The number of imide groups is 1. The number of nitrogens with zero attached hydrogens (tertiary/aromatic N) is 1. The Hall–Kier alpha value is -1.64. The fourth-order valence-electron chi connectivity index (χ4n) is 4.56. The standard InChI is InChI=1S/C19H24IN3O3/c1-12-8-18(2,3)11-19(9-12)16(25)23(17(26)22-19)10-15(24)21-14-6-4-5-13(20)7-14/h4-7,12H,8-11H2,1-3H3,(H,21,24)(H,22,26)/t12-,19+/m0/s1. The lowest BCUT2D eigenvalue weighted by molar-refractivity contribution is -0.136. The van der Waals surface area contributed by atoms with E-state index in [2.05, 4.69) is 54.0 Å². The van der Waals surface area contributed by atoms with Crippen LogP contribution in [-0.4, -0.2) is 34.8 Å². The van der Waals surface area contributed by atoms with Crippen LogP contribution in [0.5, 0.6) is 0 Å². The number of urea groups is 1. The largest absolute Gasteiger partial charge is 0.325 e. The molecule has 1 heterocycles. The first-order chi connectivity index (χ1) is 12.1. The summed E-state index contributed by atoms with van der Waals surface area (Å²) in [5.41, 5.74) is -0.253. The summed E-state index contributed by atoms with van der Waals surface area (Å²) in [4.78, 5) is 38.9. The third kappa shape index (κ3) is 3.87. The minimum atomic E-state index is -0.874. The summed E-state index contributed by atoms with van der Waals surface area (Å²) in [5.74, 6) is -0.321. The van der Waals surface area contributed by atoms with Gasteiger partial charge in [0.15, 0.2) is 0 Å². The number of anilines is 1. The Balaban J connectivity index is 1.72. The van der Waals surface area contributed by atoms with Crippen LogP contribution in [0.1, 0.15) is 40.0 Å². The molecule has 1 aliphatic heterocycles. The fraction of sp³-hybridized carbons (Fsp3) is 0.526. The Labute approximate surface area is 167 Å². The molecule has 7 heteroatoms. The highest BCUT2D eigenvalue weighted by molar-refractivity contribution is 14.1. The van der Waals surface area contributed by atoms with Gasteiger partial charge in [-0.25, -0.2) is 4.79 Å². The van der Waals surface area contributed by atoms with Gasteiger partial charge in [-0.2, -0.15) is 0 Å². The van der Waals surface area contributed by atoms with Crippen LogP contribution >= 0.6 is 22.6 Å². The highest BCUT2D eigenvalue weighted by Gasteiger charge is 2.56. The van der Waals surface area contributed by atoms with E-state index < -0.39 is 11.6 Å². The van der Waals surface area contributed by atoms with Crippen molar-refractivity contribution >= 4 is 46.1 Å². The SMILES string of the molecule is C[C@H]1CC(C)(C)C[C@@]2(C1)NC(=O)N(CC(=O)Nc1cccc(I)c1)C2=O. The molecule has 6 nitrogen and oxygen atoms in total. The molecule has 0 aromatic heterocycles. The molecular weight excluding hydrogens is 445 g/mol. The molecule has 1 aliphatic carbocycles. The maximum absolute atomic E-state index is 13.0. The van der Waals surface area contributed by atoms with Gasteiger partial charge >= 0.3 is 6.03 Å². The van der Waals surface area contributed by atoms with Crippen molar-refractivity contribution in [1.82, 2.24) is 10.2 Å². The van der Waals surface area contributed by atoms with Crippen LogP contribution in [0.25, 0.3) is 0 Å². The molecule has 1 aromatic rings. The Kier molecular flexibility index (Phi) is 5.02. The van der Waals surface area contributed by atoms with E-state index in [9.17, 15) is 14.4 Å². The fourth-order valence-corrected chi connectivity index (χ4v) is 5.10. The summed E-state index contributed by atoms with van der Waals surface area (Å²) >= 11 is 2.16. The highest BCUT2D eigenvalue weighted by Crippen LogP contribution is 2.46. The topological polar surface area (TPSA) is 78.5 Å². The number of hydrogen-bond acceptors (Lipinski definition) is 3. The van der Waals surface area contributed by atoms with E-state index in [0.29, 0.717) is 24.4 Å². The normalized spacial score (nSPS) is 27.5. The van der Waals surface area contributed by atoms with Crippen molar-refractivity contribution in [2.24, 2.45) is 11.3 Å². The molecular formula is C19H24IN3O3. The van der Waals surface area contributed by atoms with Gasteiger partial charge in [0.1, 0.15) is 12.1 Å². The minimum absolute atomic E-state index is 0.0282. The van der Waals surface area contributed by atoms with E-state index in [1.165, 1.54) is 0 Å². The third-order valence-corrected chi connectivity index (χ3v) is 5.71. The Bertz CT molecular complexity index is 764. The predicted molar refractivity (Wildman–Crippen MR) is 108 cm³/mol. The minimum Gasteiger partial charge on any atom is -0.324 e. The third-order valence-electron chi connectivity index (χ3n) is 5.03. The number of rotatable bonds is 3. The molecule has 2 fully saturated rings. The summed E-state index contributed by atoms with van der Waals surface area (Å²) in [6.45, 7) is 6.08. The summed E-state index contributed by atoms with van der Waals surface area (Å²) in [6, 6.07) is 6.89. The first kappa shape index (κ1) is 19.1. The van der Waals surface area contributed by atoms with Crippen LogP contribution in [0.4, 0.5) is 10.5 Å². The molecule has 1 aromatic carbocycles. The summed E-state index contributed by atoms with van der Waals surface area (Å²) < 4.78 is 0.993. The molecule has 0 unspecified atom stereocenters. The van der Waals surface area contributed by atoms with Gasteiger partial charge in [-0.1, -0.05) is 26.8 Å². The van der Waals surface area contributed by atoms with Gasteiger partial charge in [0.2, 0.25) is 5.91 Å². The lowest BCUT2D eigenvalue weighted by Crippen LogP contribution is -2.54. The zero-order valence-corrected chi connectivity index (χ0v) is 17.4. The van der Waals surface area contributed by atoms with Crippen LogP contribution in [0, 0.1) is 14.9 Å². The first-order valence-corrected chi connectivity index (χ1v) is 9.88. The van der Waals surface area contributed by atoms with Gasteiger partial charge in [-0.05, 0) is 71.4 Å². The zero-order chi connectivity index (χ0) is 19.1. The van der Waals surface area contributed by atoms with Crippen molar-refractivity contribution in [2.45, 2.75) is 45.6 Å². The van der Waals surface area contributed by atoms with E-state index in [1.54, 1.807) is 6.07 Å².